The second-order valence-electron chi connectivity index (χ2n) is 8.02. The van der Waals surface area contributed by atoms with Crippen LogP contribution in [0.15, 0.2) is 12.1 Å². The van der Waals surface area contributed by atoms with Crippen molar-refractivity contribution in [1.82, 2.24) is 0 Å². The van der Waals surface area contributed by atoms with Gasteiger partial charge in [-0.25, -0.2) is 4.79 Å². The van der Waals surface area contributed by atoms with Crippen LogP contribution in [0, 0.1) is 23.5 Å². The van der Waals surface area contributed by atoms with Crippen LogP contribution >= 0.6 is 0 Å². The van der Waals surface area contributed by atoms with E-state index in [1.54, 1.807) is 0 Å². The Balaban J connectivity index is 2.09. The molecule has 1 aliphatic rings. The minimum Gasteiger partial charge on any atom is -0.487 e. The Hall–Kier alpha value is -2.03. The molecule has 0 amide bonds. The lowest BCUT2D eigenvalue weighted by Crippen LogP contribution is -2.39. The van der Waals surface area contributed by atoms with Crippen LogP contribution in [0.1, 0.15) is 52.9 Å². The van der Waals surface area contributed by atoms with Gasteiger partial charge in [-0.3, -0.25) is 0 Å². The second-order valence-corrected chi connectivity index (χ2v) is 8.02. The number of aliphatic hydroxyl groups is 1. The molecule has 2 N–H and O–H groups in total. The minimum absolute atomic E-state index is 0.237. The molecule has 29 heavy (non-hydrogen) atoms. The van der Waals surface area contributed by atoms with Gasteiger partial charge in [0.25, 0.3) is 0 Å². The lowest BCUT2D eigenvalue weighted by molar-refractivity contribution is -0.224. The molecule has 1 aromatic rings. The molecule has 0 bridgehead atoms. The molecule has 0 saturated heterocycles. The first-order valence-electron chi connectivity index (χ1n) is 9.50. The van der Waals surface area contributed by atoms with Crippen LogP contribution in [0.3, 0.4) is 0 Å². The van der Waals surface area contributed by atoms with E-state index in [-0.39, 0.29) is 12.8 Å². The van der Waals surface area contributed by atoms with Gasteiger partial charge in [-0.05, 0) is 44.7 Å². The monoisotopic (exact) mass is 422 g/mol. The standard InChI is InChI=1S/C20H26F4O5/c1-11-4-6-13(7-5-11)20(23,24)29-15-9-8-14(16(21)17(15)22)28-12(2)10-19(3,27)18(25)26/h8-9,11-13,27H,4-7,10H2,1-3H3,(H,25,26). The van der Waals surface area contributed by atoms with Gasteiger partial charge in [0.05, 0.1) is 12.0 Å². The topological polar surface area (TPSA) is 76.0 Å². The van der Waals surface area contributed by atoms with E-state index >= 15 is 0 Å². The fourth-order valence-corrected chi connectivity index (χ4v) is 3.42. The van der Waals surface area contributed by atoms with E-state index in [0.717, 1.165) is 19.1 Å². The molecule has 1 aromatic carbocycles. The first-order valence-corrected chi connectivity index (χ1v) is 9.50. The van der Waals surface area contributed by atoms with Crippen LogP contribution in [0.4, 0.5) is 17.6 Å². The van der Waals surface area contributed by atoms with Crippen molar-refractivity contribution in [1.29, 1.82) is 0 Å². The summed E-state index contributed by atoms with van der Waals surface area (Å²) in [5.74, 6) is -6.91. The van der Waals surface area contributed by atoms with E-state index < -0.39 is 59.3 Å². The molecule has 164 valence electrons. The van der Waals surface area contributed by atoms with Crippen LogP contribution in [0.2, 0.25) is 0 Å². The average Bonchev–Trinajstić information content (AvgIpc) is 2.61. The molecule has 2 unspecified atom stereocenters. The molecule has 2 atom stereocenters. The zero-order valence-corrected chi connectivity index (χ0v) is 16.6. The molecule has 0 spiro atoms. The number of hydrogen-bond donors (Lipinski definition) is 2. The van der Waals surface area contributed by atoms with Crippen LogP contribution in [0.5, 0.6) is 11.5 Å². The number of carbonyl (C=O) groups is 1. The van der Waals surface area contributed by atoms with Crippen molar-refractivity contribution in [3.63, 3.8) is 0 Å². The van der Waals surface area contributed by atoms with E-state index in [1.165, 1.54) is 6.92 Å². The highest BCUT2D eigenvalue weighted by atomic mass is 19.3. The third kappa shape index (κ3) is 5.74. The Morgan fingerprint density at radius 1 is 1.17 bits per heavy atom. The summed E-state index contributed by atoms with van der Waals surface area (Å²) in [4.78, 5) is 10.9. The number of halogens is 4. The largest absolute Gasteiger partial charge is 0.487 e. The number of aliphatic carboxylic acids is 1. The summed E-state index contributed by atoms with van der Waals surface area (Å²) in [6, 6.07) is 1.77. The van der Waals surface area contributed by atoms with Crippen molar-refractivity contribution in [2.75, 3.05) is 0 Å². The minimum atomic E-state index is -3.64. The van der Waals surface area contributed by atoms with Gasteiger partial charge in [-0.2, -0.15) is 17.6 Å². The predicted molar refractivity (Wildman–Crippen MR) is 96.0 cm³/mol. The maximum Gasteiger partial charge on any atom is 0.400 e. The molecule has 5 nitrogen and oxygen atoms in total. The smallest absolute Gasteiger partial charge is 0.400 e. The number of alkyl halides is 2. The highest BCUT2D eigenvalue weighted by Gasteiger charge is 2.44. The van der Waals surface area contributed by atoms with Gasteiger partial charge >= 0.3 is 12.1 Å². The summed E-state index contributed by atoms with van der Waals surface area (Å²) in [6.07, 6.45) is -3.33. The Bertz CT molecular complexity index is 730. The quantitative estimate of drug-likeness (QED) is 0.591. The summed E-state index contributed by atoms with van der Waals surface area (Å²) in [7, 11) is 0. The fourth-order valence-electron chi connectivity index (χ4n) is 3.42. The molecule has 1 saturated carbocycles. The van der Waals surface area contributed by atoms with Crippen molar-refractivity contribution in [3.05, 3.63) is 23.8 Å². The number of hydrogen-bond acceptors (Lipinski definition) is 4. The van der Waals surface area contributed by atoms with Crippen molar-refractivity contribution in [2.45, 2.75) is 70.7 Å². The average molecular weight is 422 g/mol. The third-order valence-corrected chi connectivity index (χ3v) is 5.22. The molecule has 0 heterocycles. The molecule has 0 aliphatic heterocycles. The Morgan fingerprint density at radius 3 is 2.24 bits per heavy atom. The summed E-state index contributed by atoms with van der Waals surface area (Å²) in [5, 5.41) is 18.6. The highest BCUT2D eigenvalue weighted by molar-refractivity contribution is 5.76. The van der Waals surface area contributed by atoms with Crippen molar-refractivity contribution < 1.29 is 42.0 Å². The molecule has 0 aromatic heterocycles. The zero-order valence-electron chi connectivity index (χ0n) is 16.6. The van der Waals surface area contributed by atoms with Crippen molar-refractivity contribution in [2.24, 2.45) is 11.8 Å². The predicted octanol–water partition coefficient (Wildman–Crippen LogP) is 4.76. The Morgan fingerprint density at radius 2 is 1.69 bits per heavy atom. The van der Waals surface area contributed by atoms with Gasteiger partial charge < -0.3 is 19.7 Å². The first kappa shape index (κ1) is 23.3. The highest BCUT2D eigenvalue weighted by Crippen LogP contribution is 2.41. The molecular formula is C20H26F4O5. The Kier molecular flexibility index (Phi) is 7.03. The first-order chi connectivity index (χ1) is 13.3. The maximum absolute atomic E-state index is 14.4. The van der Waals surface area contributed by atoms with Crippen LogP contribution in [-0.2, 0) is 4.79 Å². The van der Waals surface area contributed by atoms with Crippen LogP contribution < -0.4 is 9.47 Å². The van der Waals surface area contributed by atoms with Gasteiger partial charge in [0.1, 0.15) is 0 Å². The number of carboxylic acid groups (broad SMARTS) is 1. The SMILES string of the molecule is CC1CCC(C(F)(F)Oc2ccc(OC(C)CC(C)(O)C(=O)O)c(F)c2F)CC1. The number of ether oxygens (including phenoxy) is 2. The maximum atomic E-state index is 14.4. The molecular weight excluding hydrogens is 396 g/mol. The molecule has 2 rings (SSSR count). The zero-order chi connectivity index (χ0) is 22.0. The summed E-state index contributed by atoms with van der Waals surface area (Å²) in [6.45, 7) is 4.37. The summed E-state index contributed by atoms with van der Waals surface area (Å²) in [5.41, 5.74) is -2.13. The van der Waals surface area contributed by atoms with Crippen LogP contribution in [-0.4, -0.2) is 34.0 Å². The normalized spacial score (nSPS) is 23.2. The lowest BCUT2D eigenvalue weighted by atomic mass is 9.82. The third-order valence-electron chi connectivity index (χ3n) is 5.22. The number of rotatable bonds is 8. The van der Waals surface area contributed by atoms with Crippen LogP contribution in [0.25, 0.3) is 0 Å². The van der Waals surface area contributed by atoms with Crippen molar-refractivity contribution in [3.8, 4) is 11.5 Å². The Labute approximate surface area is 166 Å². The van der Waals surface area contributed by atoms with Crippen molar-refractivity contribution >= 4 is 5.97 Å². The second kappa shape index (κ2) is 8.77. The summed E-state index contributed by atoms with van der Waals surface area (Å²) >= 11 is 0. The molecule has 0 radical (unpaired) electrons. The molecule has 1 aliphatic carbocycles. The van der Waals surface area contributed by atoms with E-state index in [2.05, 4.69) is 4.74 Å². The molecule has 9 heteroatoms. The van der Waals surface area contributed by atoms with Gasteiger partial charge in [-0.1, -0.05) is 19.8 Å². The molecule has 1 fully saturated rings. The van der Waals surface area contributed by atoms with E-state index in [1.807, 2.05) is 6.92 Å². The van der Waals surface area contributed by atoms with Gasteiger partial charge in [0, 0.05) is 6.42 Å². The van der Waals surface area contributed by atoms with E-state index in [9.17, 15) is 27.5 Å². The fraction of sp³-hybridized carbons (Fsp3) is 0.650. The lowest BCUT2D eigenvalue weighted by Gasteiger charge is -2.32. The van der Waals surface area contributed by atoms with Gasteiger partial charge in [-0.15, -0.1) is 0 Å². The van der Waals surface area contributed by atoms with Gasteiger partial charge in [0.15, 0.2) is 17.1 Å². The number of carboxylic acids is 1. The van der Waals surface area contributed by atoms with E-state index in [0.29, 0.717) is 18.8 Å². The number of benzene rings is 1. The van der Waals surface area contributed by atoms with Gasteiger partial charge in [0.2, 0.25) is 11.6 Å². The van der Waals surface area contributed by atoms with E-state index in [4.69, 9.17) is 9.84 Å². The summed E-state index contributed by atoms with van der Waals surface area (Å²) < 4.78 is 67.0.